The molecule has 6 rings (SSSR count). The lowest BCUT2D eigenvalue weighted by Crippen LogP contribution is -2.54. The van der Waals surface area contributed by atoms with E-state index in [0.29, 0.717) is 70.8 Å². The van der Waals surface area contributed by atoms with Crippen LogP contribution in [0.25, 0.3) is 12.2 Å². The maximum atomic E-state index is 14.1. The number of hydrogen-bond acceptors (Lipinski definition) is 12. The van der Waals surface area contributed by atoms with Crippen molar-refractivity contribution < 1.29 is 48.3 Å². The molecule has 63 heavy (non-hydrogen) atoms. The fourth-order valence-corrected chi connectivity index (χ4v) is 8.50. The van der Waals surface area contributed by atoms with Crippen molar-refractivity contribution in [1.29, 1.82) is 0 Å². The zero-order valence-electron chi connectivity index (χ0n) is 35.9. The van der Waals surface area contributed by atoms with E-state index < -0.39 is 29.2 Å². The van der Waals surface area contributed by atoms with Crippen molar-refractivity contribution >= 4 is 47.0 Å². The van der Waals surface area contributed by atoms with Gasteiger partial charge in [0.05, 0.1) is 24.0 Å². The molecule has 0 bridgehead atoms. The third-order valence-electron chi connectivity index (χ3n) is 12.4. The monoisotopic (exact) mass is 858 g/mol. The molecule has 12 heteroatoms. The Morgan fingerprint density at radius 1 is 0.556 bits per heavy atom. The normalized spacial score (nSPS) is 20.3. The third-order valence-corrected chi connectivity index (χ3v) is 12.4. The Hall–Kier alpha value is -5.92. The van der Waals surface area contributed by atoms with E-state index >= 15 is 0 Å². The van der Waals surface area contributed by atoms with E-state index in [4.69, 9.17) is 30.4 Å². The molecule has 0 amide bonds. The van der Waals surface area contributed by atoms with E-state index in [2.05, 4.69) is 0 Å². The minimum Gasteiger partial charge on any atom is -0.426 e. The number of aliphatic hydroxyl groups is 2. The van der Waals surface area contributed by atoms with E-state index in [0.717, 1.165) is 25.7 Å². The van der Waals surface area contributed by atoms with E-state index in [1.54, 1.807) is 111 Å². The molecule has 0 heterocycles. The van der Waals surface area contributed by atoms with Gasteiger partial charge in [0.15, 0.2) is 11.6 Å². The summed E-state index contributed by atoms with van der Waals surface area (Å²) < 4.78 is 22.1. The van der Waals surface area contributed by atoms with Gasteiger partial charge in [-0.05, 0) is 147 Å². The number of anilines is 2. The van der Waals surface area contributed by atoms with Crippen LogP contribution in [-0.4, -0.2) is 72.4 Å². The van der Waals surface area contributed by atoms with Crippen molar-refractivity contribution in [2.24, 2.45) is 17.3 Å². The first-order valence-corrected chi connectivity index (χ1v) is 21.5. The summed E-state index contributed by atoms with van der Waals surface area (Å²) in [5, 5.41) is 24.3. The number of ether oxygens (including phenoxy) is 4. The Morgan fingerprint density at radius 3 is 1.21 bits per heavy atom. The second kappa shape index (κ2) is 21.9. The Labute approximate surface area is 368 Å². The molecule has 2 atom stereocenters. The van der Waals surface area contributed by atoms with Crippen molar-refractivity contribution in [2.75, 3.05) is 25.7 Å². The van der Waals surface area contributed by atoms with Crippen LogP contribution in [-0.2, 0) is 41.5 Å². The summed E-state index contributed by atoms with van der Waals surface area (Å²) in [5.41, 5.74) is 13.6. The van der Waals surface area contributed by atoms with Crippen molar-refractivity contribution in [1.82, 2.24) is 0 Å². The van der Waals surface area contributed by atoms with Crippen LogP contribution in [0.4, 0.5) is 11.4 Å². The number of methoxy groups -OCH3 is 2. The summed E-state index contributed by atoms with van der Waals surface area (Å²) in [5.74, 6) is -1.72. The first-order valence-electron chi connectivity index (χ1n) is 21.5. The Morgan fingerprint density at radius 2 is 0.889 bits per heavy atom. The third kappa shape index (κ3) is 12.6. The van der Waals surface area contributed by atoms with Gasteiger partial charge in [-0.15, -0.1) is 0 Å². The quantitative estimate of drug-likeness (QED) is 0.0342. The molecule has 0 aliphatic heterocycles. The number of nitrogen functional groups attached to an aromatic ring is 2. The summed E-state index contributed by atoms with van der Waals surface area (Å²) in [6.45, 7) is 0. The second-order valence-corrected chi connectivity index (χ2v) is 16.7. The van der Waals surface area contributed by atoms with Crippen molar-refractivity contribution in [3.8, 4) is 11.5 Å². The van der Waals surface area contributed by atoms with Gasteiger partial charge in [-0.2, -0.15) is 0 Å². The fraction of sp³-hybridized carbons (Fsp3) is 0.373. The number of carbonyl (C=O) groups excluding carboxylic acids is 4. The molecule has 0 spiro atoms. The standard InChI is InChI=1S/C51H58N2O10/c1-60-41-25-13-37(14-26-41)49(58)62-43-21-7-33(8-22-43)11-29-45(54)47(56)51(31-35-3-17-39(52)18-4-35,32-36-5-19-40(53)20-6-36)48(57)46(55)30-12-34-9-23-44(24-10-34)63-50(59)38-15-27-42(61-2)28-16-38/h3-12,17-24,29-30,37-38,41-42,47-48,56-57H,13-16,25-28,31-32,52-53H2,1-2H3/b29-11+,30-12+. The van der Waals surface area contributed by atoms with Crippen LogP contribution in [0.2, 0.25) is 0 Å². The van der Waals surface area contributed by atoms with Gasteiger partial charge in [0.1, 0.15) is 23.7 Å². The van der Waals surface area contributed by atoms with Gasteiger partial charge in [0.25, 0.3) is 0 Å². The number of ketones is 2. The molecular formula is C51H58N2O10. The lowest BCUT2D eigenvalue weighted by molar-refractivity contribution is -0.146. The van der Waals surface area contributed by atoms with Gasteiger partial charge in [-0.1, -0.05) is 60.7 Å². The lowest BCUT2D eigenvalue weighted by Gasteiger charge is -2.40. The van der Waals surface area contributed by atoms with Gasteiger partial charge in [0.2, 0.25) is 0 Å². The van der Waals surface area contributed by atoms with Crippen molar-refractivity contribution in [3.05, 3.63) is 131 Å². The number of nitrogens with two attached hydrogens (primary N) is 2. The Balaban J connectivity index is 1.21. The molecule has 2 aliphatic rings. The van der Waals surface area contributed by atoms with Crippen molar-refractivity contribution in [2.45, 2.75) is 88.6 Å². The summed E-state index contributed by atoms with van der Waals surface area (Å²) in [6.07, 6.45) is 7.87. The van der Waals surface area contributed by atoms with E-state index in [1.807, 2.05) is 0 Å². The summed E-state index contributed by atoms with van der Waals surface area (Å²) in [4.78, 5) is 53.8. The molecular weight excluding hydrogens is 801 g/mol. The number of esters is 2. The number of benzene rings is 4. The molecule has 2 unspecified atom stereocenters. The van der Waals surface area contributed by atoms with Crippen LogP contribution < -0.4 is 20.9 Å². The van der Waals surface area contributed by atoms with Crippen LogP contribution in [0.15, 0.2) is 109 Å². The molecule has 4 aromatic rings. The topological polar surface area (TPSA) is 198 Å². The predicted molar refractivity (Wildman–Crippen MR) is 241 cm³/mol. The van der Waals surface area contributed by atoms with Crippen LogP contribution in [0, 0.1) is 17.3 Å². The van der Waals surface area contributed by atoms with Crippen LogP contribution in [0.3, 0.4) is 0 Å². The zero-order chi connectivity index (χ0) is 44.9. The molecule has 2 saturated carbocycles. The number of carbonyl (C=O) groups is 4. The summed E-state index contributed by atoms with van der Waals surface area (Å²) >= 11 is 0. The average molecular weight is 859 g/mol. The van der Waals surface area contributed by atoms with Gasteiger partial charge in [-0.3, -0.25) is 19.2 Å². The highest BCUT2D eigenvalue weighted by atomic mass is 16.5. The lowest BCUT2D eigenvalue weighted by atomic mass is 9.66. The highest BCUT2D eigenvalue weighted by Crippen LogP contribution is 2.38. The molecule has 2 aliphatic carbocycles. The van der Waals surface area contributed by atoms with Gasteiger partial charge in [-0.25, -0.2) is 0 Å². The highest BCUT2D eigenvalue weighted by molar-refractivity contribution is 6.01. The van der Waals surface area contributed by atoms with Crippen molar-refractivity contribution in [3.63, 3.8) is 0 Å². The number of hydrogen-bond donors (Lipinski definition) is 4. The van der Waals surface area contributed by atoms with E-state index in [9.17, 15) is 29.4 Å². The Kier molecular flexibility index (Phi) is 16.2. The molecule has 6 N–H and O–H groups in total. The minimum atomic E-state index is -1.87. The molecule has 0 radical (unpaired) electrons. The van der Waals surface area contributed by atoms with Crippen LogP contribution >= 0.6 is 0 Å². The molecule has 4 aromatic carbocycles. The Bertz CT molecular complexity index is 2040. The SMILES string of the molecule is COC1CCC(C(=O)Oc2ccc(/C=C/C(=O)C(O)C(Cc3ccc(N)cc3)(Cc3ccc(N)cc3)C(O)C(=O)/C=C/c3ccc(OC(=O)C4CCC(OC)CC4)cc3)cc2)CC1. The molecule has 332 valence electrons. The van der Waals surface area contributed by atoms with Crippen LogP contribution in [0.5, 0.6) is 11.5 Å². The van der Waals surface area contributed by atoms with Gasteiger partial charge >= 0.3 is 11.9 Å². The first kappa shape index (κ1) is 46.6. The summed E-state index contributed by atoms with van der Waals surface area (Å²) in [6, 6.07) is 26.9. The maximum Gasteiger partial charge on any atom is 0.314 e. The largest absolute Gasteiger partial charge is 0.426 e. The minimum absolute atomic E-state index is 0.0838. The second-order valence-electron chi connectivity index (χ2n) is 16.7. The average Bonchev–Trinajstić information content (AvgIpc) is 3.31. The molecule has 2 fully saturated rings. The highest BCUT2D eigenvalue weighted by Gasteiger charge is 2.49. The molecule has 0 aromatic heterocycles. The smallest absolute Gasteiger partial charge is 0.314 e. The zero-order valence-corrected chi connectivity index (χ0v) is 35.9. The fourth-order valence-electron chi connectivity index (χ4n) is 8.50. The van der Waals surface area contributed by atoms with Gasteiger partial charge in [0, 0.05) is 31.0 Å². The number of rotatable bonds is 18. The van der Waals surface area contributed by atoms with Gasteiger partial charge < -0.3 is 40.6 Å². The molecule has 0 saturated heterocycles. The van der Waals surface area contributed by atoms with Crippen LogP contribution in [0.1, 0.15) is 73.6 Å². The molecule has 12 nitrogen and oxygen atoms in total. The maximum absolute atomic E-state index is 14.1. The number of aliphatic hydroxyl groups excluding tert-OH is 2. The summed E-state index contributed by atoms with van der Waals surface area (Å²) in [7, 11) is 3.36. The van der Waals surface area contributed by atoms with E-state index in [1.165, 1.54) is 24.3 Å². The predicted octanol–water partition coefficient (Wildman–Crippen LogP) is 7.13. The first-order chi connectivity index (χ1) is 30.3. The van der Waals surface area contributed by atoms with E-state index in [-0.39, 0.29) is 48.8 Å².